The van der Waals surface area contributed by atoms with Gasteiger partial charge in [0.25, 0.3) is 0 Å². The Morgan fingerprint density at radius 1 is 0.857 bits per heavy atom. The van der Waals surface area contributed by atoms with Gasteiger partial charge in [-0.1, -0.05) is 47.9 Å². The molecule has 1 heteroatoms. The topological polar surface area (TPSA) is 0 Å². The van der Waals surface area contributed by atoms with Crippen LogP contribution in [0.25, 0.3) is 11.1 Å². The zero-order valence-electron chi connectivity index (χ0n) is 7.83. The maximum atomic E-state index is 5.79. The van der Waals surface area contributed by atoms with E-state index in [1.807, 2.05) is 6.07 Å². The van der Waals surface area contributed by atoms with Crippen LogP contribution in [0.3, 0.4) is 0 Å². The molecule has 0 nitrogen and oxygen atoms in total. The fraction of sp³-hybridized carbons (Fsp3) is 0.0769. The summed E-state index contributed by atoms with van der Waals surface area (Å²) in [6, 6.07) is 14.7. The Hall–Kier alpha value is -1.50. The molecule has 2 aromatic carbocycles. The highest BCUT2D eigenvalue weighted by Gasteiger charge is 2.16. The van der Waals surface area contributed by atoms with E-state index in [0.717, 1.165) is 11.9 Å². The molecule has 0 saturated carbocycles. The van der Waals surface area contributed by atoms with Crippen molar-refractivity contribution >= 4 is 13.3 Å². The minimum absolute atomic E-state index is 0.848. The van der Waals surface area contributed by atoms with Crippen molar-refractivity contribution in [2.24, 2.45) is 0 Å². The number of hydrogen-bond donors (Lipinski definition) is 0. The van der Waals surface area contributed by atoms with Crippen LogP contribution in [0.5, 0.6) is 0 Å². The van der Waals surface area contributed by atoms with Gasteiger partial charge < -0.3 is 0 Å². The first-order chi connectivity index (χ1) is 6.84. The van der Waals surface area contributed by atoms with Crippen molar-refractivity contribution in [1.82, 2.24) is 0 Å². The molecule has 0 bridgehead atoms. The third-order valence-corrected chi connectivity index (χ3v) is 2.82. The van der Waals surface area contributed by atoms with Crippen LogP contribution in [0, 0.1) is 0 Å². The van der Waals surface area contributed by atoms with Crippen molar-refractivity contribution in [2.45, 2.75) is 6.42 Å². The van der Waals surface area contributed by atoms with Crippen molar-refractivity contribution in [3.63, 3.8) is 0 Å². The van der Waals surface area contributed by atoms with Gasteiger partial charge in [0, 0.05) is 0 Å². The number of hydrogen-bond acceptors (Lipinski definition) is 0. The first-order valence-corrected chi connectivity index (χ1v) is 4.81. The molecule has 0 unspecified atom stereocenters. The minimum atomic E-state index is 0.848. The highest BCUT2D eigenvalue weighted by atomic mass is 14.2. The molecule has 0 aromatic heterocycles. The lowest BCUT2D eigenvalue weighted by molar-refractivity contribution is 1.26. The molecule has 0 aliphatic heterocycles. The van der Waals surface area contributed by atoms with Crippen molar-refractivity contribution in [2.75, 3.05) is 0 Å². The average Bonchev–Trinajstić information content (AvgIpc) is 2.56. The SMILES string of the molecule is [B]c1ccc2c(c1)-c1ccccc1C2. The molecule has 0 amide bonds. The maximum absolute atomic E-state index is 5.79. The fourth-order valence-electron chi connectivity index (χ4n) is 2.14. The molecule has 3 rings (SSSR count). The van der Waals surface area contributed by atoms with E-state index in [1.165, 1.54) is 22.3 Å². The standard InChI is InChI=1S/C13H9B/c14-11-6-5-10-7-9-3-1-2-4-12(9)13(10)8-11/h1-6,8H,7H2. The Bertz CT molecular complexity index is 500. The molecule has 0 spiro atoms. The van der Waals surface area contributed by atoms with E-state index in [2.05, 4.69) is 36.4 Å². The third-order valence-electron chi connectivity index (χ3n) is 2.82. The van der Waals surface area contributed by atoms with Gasteiger partial charge in [0.05, 0.1) is 0 Å². The first-order valence-electron chi connectivity index (χ1n) is 4.81. The Labute approximate surface area is 85.0 Å². The summed E-state index contributed by atoms with van der Waals surface area (Å²) in [5.41, 5.74) is 6.30. The van der Waals surface area contributed by atoms with Crippen molar-refractivity contribution in [1.29, 1.82) is 0 Å². The lowest BCUT2D eigenvalue weighted by Crippen LogP contribution is -2.01. The van der Waals surface area contributed by atoms with E-state index in [4.69, 9.17) is 7.85 Å². The summed E-state index contributed by atoms with van der Waals surface area (Å²) >= 11 is 0. The lowest BCUT2D eigenvalue weighted by atomic mass is 9.92. The zero-order valence-corrected chi connectivity index (χ0v) is 7.83. The molecule has 2 aromatic rings. The molecular weight excluding hydrogens is 167 g/mol. The highest BCUT2D eigenvalue weighted by molar-refractivity contribution is 6.32. The monoisotopic (exact) mass is 176 g/mol. The smallest absolute Gasteiger partial charge is 0.0960 e. The van der Waals surface area contributed by atoms with E-state index in [-0.39, 0.29) is 0 Å². The Morgan fingerprint density at radius 2 is 1.64 bits per heavy atom. The van der Waals surface area contributed by atoms with Gasteiger partial charge in [-0.25, -0.2) is 0 Å². The van der Waals surface area contributed by atoms with E-state index < -0.39 is 0 Å². The van der Waals surface area contributed by atoms with Crippen LogP contribution in [0.1, 0.15) is 11.1 Å². The van der Waals surface area contributed by atoms with Crippen LogP contribution in [-0.4, -0.2) is 7.85 Å². The van der Waals surface area contributed by atoms with Gasteiger partial charge in [-0.2, -0.15) is 0 Å². The predicted molar refractivity (Wildman–Crippen MR) is 60.1 cm³/mol. The summed E-state index contributed by atoms with van der Waals surface area (Å²) in [6.45, 7) is 0. The Morgan fingerprint density at radius 3 is 2.57 bits per heavy atom. The third kappa shape index (κ3) is 1.02. The van der Waals surface area contributed by atoms with Gasteiger partial charge in [0.2, 0.25) is 0 Å². The van der Waals surface area contributed by atoms with Crippen LogP contribution < -0.4 is 5.46 Å². The summed E-state index contributed by atoms with van der Waals surface area (Å²) in [5.74, 6) is 0. The number of rotatable bonds is 0. The number of benzene rings is 2. The van der Waals surface area contributed by atoms with Gasteiger partial charge in [-0.3, -0.25) is 0 Å². The summed E-state index contributed by atoms with van der Waals surface area (Å²) in [5, 5.41) is 0. The maximum Gasteiger partial charge on any atom is 0.113 e. The average molecular weight is 176 g/mol. The normalized spacial score (nSPS) is 12.3. The number of fused-ring (bicyclic) bond motifs is 3. The Balaban J connectivity index is 2.30. The van der Waals surface area contributed by atoms with Gasteiger partial charge in [-0.05, 0) is 28.7 Å². The predicted octanol–water partition coefficient (Wildman–Crippen LogP) is 2.05. The van der Waals surface area contributed by atoms with Crippen LogP contribution in [0.2, 0.25) is 0 Å². The molecule has 14 heavy (non-hydrogen) atoms. The van der Waals surface area contributed by atoms with Crippen molar-refractivity contribution < 1.29 is 0 Å². The van der Waals surface area contributed by atoms with E-state index in [9.17, 15) is 0 Å². The molecule has 0 heterocycles. The largest absolute Gasteiger partial charge is 0.113 e. The molecular formula is C13H9B. The summed E-state index contributed by atoms with van der Waals surface area (Å²) < 4.78 is 0. The molecule has 2 radical (unpaired) electrons. The molecule has 0 fully saturated rings. The molecule has 1 aliphatic rings. The van der Waals surface area contributed by atoms with E-state index in [0.29, 0.717) is 0 Å². The van der Waals surface area contributed by atoms with Crippen LogP contribution in [-0.2, 0) is 6.42 Å². The minimum Gasteiger partial charge on any atom is -0.0960 e. The lowest BCUT2D eigenvalue weighted by Gasteiger charge is -2.01. The second kappa shape index (κ2) is 2.75. The van der Waals surface area contributed by atoms with E-state index >= 15 is 0 Å². The van der Waals surface area contributed by atoms with Crippen molar-refractivity contribution in [3.8, 4) is 11.1 Å². The zero-order chi connectivity index (χ0) is 9.54. The quantitative estimate of drug-likeness (QED) is 0.460. The summed E-state index contributed by atoms with van der Waals surface area (Å²) in [4.78, 5) is 0. The van der Waals surface area contributed by atoms with Crippen LogP contribution in [0.4, 0.5) is 0 Å². The first kappa shape index (κ1) is 7.87. The molecule has 1 aliphatic carbocycles. The van der Waals surface area contributed by atoms with Crippen molar-refractivity contribution in [3.05, 3.63) is 53.6 Å². The van der Waals surface area contributed by atoms with Gasteiger partial charge in [-0.15, -0.1) is 0 Å². The fourth-order valence-corrected chi connectivity index (χ4v) is 2.14. The second-order valence-corrected chi connectivity index (χ2v) is 3.75. The van der Waals surface area contributed by atoms with Crippen LogP contribution in [0.15, 0.2) is 42.5 Å². The van der Waals surface area contributed by atoms with Gasteiger partial charge >= 0.3 is 0 Å². The van der Waals surface area contributed by atoms with Crippen LogP contribution >= 0.6 is 0 Å². The molecule has 0 N–H and O–H groups in total. The summed E-state index contributed by atoms with van der Waals surface area (Å²) in [7, 11) is 5.79. The van der Waals surface area contributed by atoms with Gasteiger partial charge in [0.15, 0.2) is 0 Å². The van der Waals surface area contributed by atoms with E-state index in [1.54, 1.807) is 0 Å². The summed E-state index contributed by atoms with van der Waals surface area (Å²) in [6.07, 6.45) is 1.05. The molecule has 0 saturated heterocycles. The molecule has 0 atom stereocenters. The Kier molecular flexibility index (Phi) is 1.54. The van der Waals surface area contributed by atoms with Gasteiger partial charge in [0.1, 0.15) is 7.85 Å². The highest BCUT2D eigenvalue weighted by Crippen LogP contribution is 2.35. The second-order valence-electron chi connectivity index (χ2n) is 3.75. The molecule has 64 valence electrons.